The normalized spacial score (nSPS) is 17.2. The van der Waals surface area contributed by atoms with Gasteiger partial charge in [0.25, 0.3) is 0 Å². The minimum absolute atomic E-state index is 0.0945. The van der Waals surface area contributed by atoms with Gasteiger partial charge in [-0.3, -0.25) is 4.79 Å². The van der Waals surface area contributed by atoms with Crippen molar-refractivity contribution in [3.63, 3.8) is 0 Å². The van der Waals surface area contributed by atoms with Crippen LogP contribution >= 0.6 is 23.4 Å². The van der Waals surface area contributed by atoms with E-state index in [0.717, 1.165) is 4.90 Å². The molecule has 0 aliphatic carbocycles. The Hall–Kier alpha value is -1.54. The molecule has 2 aromatic carbocycles. The number of carbonyl (C=O) groups excluding carboxylic acids is 1. The molecular formula is C16H15ClN2O3S2. The number of hydrogen-bond acceptors (Lipinski definition) is 4. The van der Waals surface area contributed by atoms with Crippen LogP contribution in [0.15, 0.2) is 52.3 Å². The Morgan fingerprint density at radius 1 is 1.25 bits per heavy atom. The van der Waals surface area contributed by atoms with E-state index in [1.54, 1.807) is 37.3 Å². The summed E-state index contributed by atoms with van der Waals surface area (Å²) < 4.78 is 27.5. The summed E-state index contributed by atoms with van der Waals surface area (Å²) in [6.07, 6.45) is 0. The molecule has 1 aliphatic heterocycles. The van der Waals surface area contributed by atoms with Crippen LogP contribution in [0, 0.1) is 0 Å². The summed E-state index contributed by atoms with van der Waals surface area (Å²) in [7, 11) is -3.71. The van der Waals surface area contributed by atoms with Crippen LogP contribution in [0.4, 0.5) is 5.69 Å². The second-order valence-corrected chi connectivity index (χ2v) is 8.88. The zero-order valence-corrected chi connectivity index (χ0v) is 15.1. The molecule has 0 radical (unpaired) electrons. The highest BCUT2D eigenvalue weighted by atomic mass is 35.5. The van der Waals surface area contributed by atoms with Crippen LogP contribution < -0.4 is 10.0 Å². The minimum atomic E-state index is -3.71. The van der Waals surface area contributed by atoms with E-state index in [-0.39, 0.29) is 22.6 Å². The third kappa shape index (κ3) is 3.59. The first-order chi connectivity index (χ1) is 11.4. The van der Waals surface area contributed by atoms with Crippen molar-refractivity contribution in [2.45, 2.75) is 28.5 Å². The molecule has 0 aromatic heterocycles. The van der Waals surface area contributed by atoms with Crippen molar-refractivity contribution in [1.29, 1.82) is 0 Å². The number of thioether (sulfide) groups is 1. The quantitative estimate of drug-likeness (QED) is 0.851. The van der Waals surface area contributed by atoms with Crippen molar-refractivity contribution in [3.8, 4) is 0 Å². The van der Waals surface area contributed by atoms with Gasteiger partial charge in [0.1, 0.15) is 0 Å². The number of carbonyl (C=O) groups is 1. The predicted octanol–water partition coefficient (Wildman–Crippen LogP) is 3.25. The fourth-order valence-electron chi connectivity index (χ4n) is 2.25. The first-order valence-corrected chi connectivity index (χ1v) is 9.95. The third-order valence-electron chi connectivity index (χ3n) is 3.60. The van der Waals surface area contributed by atoms with Crippen molar-refractivity contribution >= 4 is 45.0 Å². The molecule has 5 nitrogen and oxygen atoms in total. The first kappa shape index (κ1) is 17.3. The molecule has 3 rings (SSSR count). The molecule has 0 saturated heterocycles. The van der Waals surface area contributed by atoms with Gasteiger partial charge in [0, 0.05) is 16.5 Å². The lowest BCUT2D eigenvalue weighted by Gasteiger charge is -2.21. The van der Waals surface area contributed by atoms with Gasteiger partial charge in [-0.05, 0) is 36.8 Å². The number of halogens is 1. The highest BCUT2D eigenvalue weighted by molar-refractivity contribution is 8.01. The monoisotopic (exact) mass is 382 g/mol. The average molecular weight is 383 g/mol. The van der Waals surface area contributed by atoms with Crippen molar-refractivity contribution in [3.05, 3.63) is 53.1 Å². The molecule has 126 valence electrons. The van der Waals surface area contributed by atoms with Crippen LogP contribution in [0.25, 0.3) is 0 Å². The average Bonchev–Trinajstić information content (AvgIpc) is 2.55. The molecule has 0 bridgehead atoms. The standard InChI is InChI=1S/C16H15ClN2O3S2/c1-10-16(20)19-14-8-12(6-7-15(14)23-10)24(21,22)18-9-11-4-2-3-5-13(11)17/h2-8,10,18H,9H2,1H3,(H,19,20). The maximum atomic E-state index is 12.5. The van der Waals surface area contributed by atoms with Crippen LogP contribution in [-0.4, -0.2) is 19.6 Å². The highest BCUT2D eigenvalue weighted by Gasteiger charge is 2.25. The summed E-state index contributed by atoms with van der Waals surface area (Å²) in [5, 5.41) is 3.04. The van der Waals surface area contributed by atoms with Crippen LogP contribution in [-0.2, 0) is 21.4 Å². The number of benzene rings is 2. The third-order valence-corrected chi connectivity index (χ3v) is 6.55. The Kier molecular flexibility index (Phi) is 4.87. The topological polar surface area (TPSA) is 75.3 Å². The van der Waals surface area contributed by atoms with E-state index in [1.807, 2.05) is 0 Å². The first-order valence-electron chi connectivity index (χ1n) is 7.21. The Morgan fingerprint density at radius 3 is 2.75 bits per heavy atom. The molecule has 2 aromatic rings. The van der Waals surface area contributed by atoms with E-state index < -0.39 is 10.0 Å². The van der Waals surface area contributed by atoms with Crippen molar-refractivity contribution < 1.29 is 13.2 Å². The smallest absolute Gasteiger partial charge is 0.240 e. The van der Waals surface area contributed by atoms with Gasteiger partial charge in [0.2, 0.25) is 15.9 Å². The second-order valence-electron chi connectivity index (χ2n) is 5.32. The van der Waals surface area contributed by atoms with Crippen molar-refractivity contribution in [2.24, 2.45) is 0 Å². The van der Waals surface area contributed by atoms with E-state index in [0.29, 0.717) is 16.3 Å². The number of fused-ring (bicyclic) bond motifs is 1. The molecule has 1 heterocycles. The van der Waals surface area contributed by atoms with Crippen LogP contribution in [0.3, 0.4) is 0 Å². The van der Waals surface area contributed by atoms with Crippen molar-refractivity contribution in [1.82, 2.24) is 4.72 Å². The zero-order chi connectivity index (χ0) is 17.3. The molecule has 0 saturated carbocycles. The number of sulfonamides is 1. The molecule has 0 fully saturated rings. The van der Waals surface area contributed by atoms with Gasteiger partial charge in [-0.25, -0.2) is 13.1 Å². The fraction of sp³-hybridized carbons (Fsp3) is 0.188. The zero-order valence-electron chi connectivity index (χ0n) is 12.7. The molecule has 2 N–H and O–H groups in total. The van der Waals surface area contributed by atoms with Crippen LogP contribution in [0.5, 0.6) is 0 Å². The molecule has 24 heavy (non-hydrogen) atoms. The summed E-state index contributed by atoms with van der Waals surface area (Å²) >= 11 is 7.45. The van der Waals surface area contributed by atoms with Gasteiger partial charge >= 0.3 is 0 Å². The maximum absolute atomic E-state index is 12.5. The second kappa shape index (κ2) is 6.76. The number of rotatable bonds is 4. The van der Waals surface area contributed by atoms with E-state index >= 15 is 0 Å². The Morgan fingerprint density at radius 2 is 2.00 bits per heavy atom. The van der Waals surface area contributed by atoms with Gasteiger partial charge in [0.15, 0.2) is 0 Å². The van der Waals surface area contributed by atoms with E-state index in [4.69, 9.17) is 11.6 Å². The van der Waals surface area contributed by atoms with Gasteiger partial charge < -0.3 is 5.32 Å². The van der Waals surface area contributed by atoms with Gasteiger partial charge in [-0.15, -0.1) is 11.8 Å². The van der Waals surface area contributed by atoms with Crippen LogP contribution in [0.2, 0.25) is 5.02 Å². The minimum Gasteiger partial charge on any atom is -0.324 e. The van der Waals surface area contributed by atoms with Crippen molar-refractivity contribution in [2.75, 3.05) is 5.32 Å². The summed E-state index contributed by atoms with van der Waals surface area (Å²) in [5.74, 6) is -0.133. The van der Waals surface area contributed by atoms with E-state index in [1.165, 1.54) is 23.9 Å². The largest absolute Gasteiger partial charge is 0.324 e. The lowest BCUT2D eigenvalue weighted by Crippen LogP contribution is -2.27. The van der Waals surface area contributed by atoms with Gasteiger partial charge in [-0.1, -0.05) is 29.8 Å². The Balaban J connectivity index is 1.82. The molecule has 1 unspecified atom stereocenters. The predicted molar refractivity (Wildman–Crippen MR) is 95.9 cm³/mol. The SMILES string of the molecule is CC1Sc2ccc(S(=O)(=O)NCc3ccccc3Cl)cc2NC1=O. The molecule has 8 heteroatoms. The number of hydrogen-bond donors (Lipinski definition) is 2. The fourth-order valence-corrected chi connectivity index (χ4v) is 4.42. The maximum Gasteiger partial charge on any atom is 0.240 e. The molecule has 1 aliphatic rings. The van der Waals surface area contributed by atoms with Gasteiger partial charge in [-0.2, -0.15) is 0 Å². The molecular weight excluding hydrogens is 368 g/mol. The number of amides is 1. The lowest BCUT2D eigenvalue weighted by atomic mass is 10.2. The summed E-state index contributed by atoms with van der Waals surface area (Å²) in [6, 6.07) is 11.8. The molecule has 1 amide bonds. The highest BCUT2D eigenvalue weighted by Crippen LogP contribution is 2.36. The lowest BCUT2D eigenvalue weighted by molar-refractivity contribution is -0.115. The summed E-state index contributed by atoms with van der Waals surface area (Å²) in [6.45, 7) is 1.90. The molecule has 1 atom stereocenters. The summed E-state index contributed by atoms with van der Waals surface area (Å²) in [4.78, 5) is 12.7. The van der Waals surface area contributed by atoms with E-state index in [2.05, 4.69) is 10.0 Å². The van der Waals surface area contributed by atoms with E-state index in [9.17, 15) is 13.2 Å². The number of nitrogens with one attached hydrogen (secondary N) is 2. The summed E-state index contributed by atoms with van der Waals surface area (Å²) in [5.41, 5.74) is 1.21. The Bertz CT molecular complexity index is 900. The molecule has 0 spiro atoms. The van der Waals surface area contributed by atoms with Crippen LogP contribution in [0.1, 0.15) is 12.5 Å². The number of anilines is 1. The Labute approximate surface area is 149 Å². The van der Waals surface area contributed by atoms with Gasteiger partial charge in [0.05, 0.1) is 15.8 Å².